The average Bonchev–Trinajstić information content (AvgIpc) is 3.49. The maximum atomic E-state index is 13.7. The van der Waals surface area contributed by atoms with Crippen molar-refractivity contribution in [2.45, 2.75) is 51.2 Å². The maximum absolute atomic E-state index is 13.7. The summed E-state index contributed by atoms with van der Waals surface area (Å²) in [4.78, 5) is 45.0. The number of aromatic nitrogens is 1. The smallest absolute Gasteiger partial charge is 0.414 e. The largest absolute Gasteiger partial charge is 0.443 e. The molecule has 2 aliphatic rings. The zero-order valence-corrected chi connectivity index (χ0v) is 22.9. The van der Waals surface area contributed by atoms with E-state index in [0.717, 1.165) is 27.3 Å². The average molecular weight is 562 g/mol. The Morgan fingerprint density at radius 2 is 1.88 bits per heavy atom. The Balaban J connectivity index is 1.35. The number of benzene rings is 2. The highest BCUT2D eigenvalue weighted by atomic mass is 19.3. The van der Waals surface area contributed by atoms with Gasteiger partial charge in [0.25, 0.3) is 11.8 Å². The number of carbonyl (C=O) groups is 3. The Labute approximate surface area is 235 Å². The minimum atomic E-state index is -3.14. The quantitative estimate of drug-likeness (QED) is 0.494. The second-order valence-electron chi connectivity index (χ2n) is 11.2. The highest BCUT2D eigenvalue weighted by molar-refractivity contribution is 6.07. The molecular formula is C30H29F2N5O4. The summed E-state index contributed by atoms with van der Waals surface area (Å²) in [5.41, 5.74) is 3.74. The summed E-state index contributed by atoms with van der Waals surface area (Å²) in [5, 5.41) is 12.2. The van der Waals surface area contributed by atoms with E-state index in [9.17, 15) is 23.2 Å². The zero-order chi connectivity index (χ0) is 29.5. The number of carbonyl (C=O) groups excluding carboxylic acids is 3. The topological polar surface area (TPSA) is 116 Å². The molecule has 9 nitrogen and oxygen atoms in total. The van der Waals surface area contributed by atoms with Gasteiger partial charge in [0, 0.05) is 24.5 Å². The van der Waals surface area contributed by atoms with E-state index in [1.54, 1.807) is 17.0 Å². The summed E-state index contributed by atoms with van der Waals surface area (Å²) in [6.45, 7) is 4.62. The van der Waals surface area contributed by atoms with Gasteiger partial charge in [0.15, 0.2) is 0 Å². The number of amides is 3. The van der Waals surface area contributed by atoms with Crippen LogP contribution in [0, 0.1) is 11.3 Å². The van der Waals surface area contributed by atoms with Gasteiger partial charge in [-0.15, -0.1) is 0 Å². The van der Waals surface area contributed by atoms with Crippen LogP contribution < -0.4 is 10.2 Å². The molecule has 2 aliphatic heterocycles. The Morgan fingerprint density at radius 3 is 2.61 bits per heavy atom. The third kappa shape index (κ3) is 5.82. The molecule has 0 aliphatic carbocycles. The molecule has 0 spiro atoms. The summed E-state index contributed by atoms with van der Waals surface area (Å²) in [7, 11) is 0. The van der Waals surface area contributed by atoms with Crippen LogP contribution in [0.3, 0.4) is 0 Å². The number of nitrogens with one attached hydrogen (secondary N) is 1. The van der Waals surface area contributed by atoms with E-state index in [1.165, 1.54) is 12.3 Å². The SMILES string of the molecule is CC(C)(C)OC(=O)N1CCc2cc(-c3ccc4nccc(C(=O)NCC(=O)N5CC(F)(F)CC5C#N)c4c3)ccc21. The summed E-state index contributed by atoms with van der Waals surface area (Å²) >= 11 is 0. The van der Waals surface area contributed by atoms with Gasteiger partial charge in [-0.3, -0.25) is 19.5 Å². The van der Waals surface area contributed by atoms with Gasteiger partial charge in [-0.25, -0.2) is 13.6 Å². The summed E-state index contributed by atoms with van der Waals surface area (Å²) in [6, 6.07) is 13.3. The maximum Gasteiger partial charge on any atom is 0.414 e. The van der Waals surface area contributed by atoms with Crippen molar-refractivity contribution < 1.29 is 27.9 Å². The molecule has 0 radical (unpaired) electrons. The number of pyridine rings is 1. The molecule has 5 rings (SSSR count). The highest BCUT2D eigenvalue weighted by Crippen LogP contribution is 2.35. The molecular weight excluding hydrogens is 532 g/mol. The molecule has 2 aromatic carbocycles. The van der Waals surface area contributed by atoms with Gasteiger partial charge >= 0.3 is 6.09 Å². The number of rotatable bonds is 4. The fourth-order valence-corrected chi connectivity index (χ4v) is 5.16. The van der Waals surface area contributed by atoms with Gasteiger partial charge in [-0.1, -0.05) is 12.1 Å². The molecule has 1 aromatic heterocycles. The minimum absolute atomic E-state index is 0.269. The standard InChI is InChI=1S/C30H29F2N5O4/c1-29(2,3)41-28(40)36-11-9-20-12-18(5-7-25(20)36)19-4-6-24-23(13-19)22(8-10-34-24)27(39)35-16-26(38)37-17-30(31,32)14-21(37)15-33/h4-8,10,12-13,21H,9,11,14,16-17H2,1-3H3,(H,35,39). The van der Waals surface area contributed by atoms with Crippen molar-refractivity contribution in [1.82, 2.24) is 15.2 Å². The second-order valence-corrected chi connectivity index (χ2v) is 11.2. The van der Waals surface area contributed by atoms with Crippen molar-refractivity contribution in [3.8, 4) is 17.2 Å². The summed E-state index contributed by atoms with van der Waals surface area (Å²) in [6.07, 6.45) is 1.04. The molecule has 1 fully saturated rings. The van der Waals surface area contributed by atoms with Crippen molar-refractivity contribution >= 4 is 34.5 Å². The van der Waals surface area contributed by atoms with Gasteiger partial charge in [0.1, 0.15) is 11.6 Å². The number of anilines is 1. The van der Waals surface area contributed by atoms with Crippen LogP contribution in [0.5, 0.6) is 0 Å². The molecule has 1 N–H and O–H groups in total. The van der Waals surface area contributed by atoms with Crippen LogP contribution in [-0.2, 0) is 16.0 Å². The Kier molecular flexibility index (Phi) is 7.11. The Morgan fingerprint density at radius 1 is 1.15 bits per heavy atom. The van der Waals surface area contributed by atoms with Gasteiger partial charge < -0.3 is 15.0 Å². The van der Waals surface area contributed by atoms with Gasteiger partial charge in [-0.05, 0) is 74.2 Å². The fourth-order valence-electron chi connectivity index (χ4n) is 5.16. The number of likely N-dealkylation sites (tertiary alicyclic amines) is 1. The van der Waals surface area contributed by atoms with E-state index in [2.05, 4.69) is 10.3 Å². The van der Waals surface area contributed by atoms with Crippen molar-refractivity contribution in [3.05, 3.63) is 59.8 Å². The number of halogens is 2. The molecule has 3 aromatic rings. The number of alkyl halides is 2. The van der Waals surface area contributed by atoms with Gasteiger partial charge in [-0.2, -0.15) is 5.26 Å². The molecule has 0 saturated carbocycles. The first-order valence-corrected chi connectivity index (χ1v) is 13.2. The first kappa shape index (κ1) is 28.0. The predicted octanol–water partition coefficient (Wildman–Crippen LogP) is 4.69. The van der Waals surface area contributed by atoms with Crippen LogP contribution in [0.2, 0.25) is 0 Å². The molecule has 0 bridgehead atoms. The van der Waals surface area contributed by atoms with Crippen molar-refractivity contribution in [3.63, 3.8) is 0 Å². The van der Waals surface area contributed by atoms with Gasteiger partial charge in [0.2, 0.25) is 5.91 Å². The number of hydrogen-bond acceptors (Lipinski definition) is 6. The fraction of sp³-hybridized carbons (Fsp3) is 0.367. The van der Waals surface area contributed by atoms with E-state index in [1.807, 2.05) is 51.1 Å². The Hall–Kier alpha value is -4.59. The molecule has 3 amide bonds. The van der Waals surface area contributed by atoms with Crippen LogP contribution >= 0.6 is 0 Å². The molecule has 1 unspecified atom stereocenters. The van der Waals surface area contributed by atoms with Crippen molar-refractivity contribution in [2.75, 3.05) is 24.5 Å². The first-order valence-electron chi connectivity index (χ1n) is 13.2. The van der Waals surface area contributed by atoms with Crippen molar-refractivity contribution in [1.29, 1.82) is 5.26 Å². The first-order chi connectivity index (χ1) is 19.3. The van der Waals surface area contributed by atoms with E-state index in [-0.39, 0.29) is 5.56 Å². The normalized spacial score (nSPS) is 17.7. The van der Waals surface area contributed by atoms with E-state index in [0.29, 0.717) is 23.9 Å². The lowest BCUT2D eigenvalue weighted by Crippen LogP contribution is -2.43. The van der Waals surface area contributed by atoms with Gasteiger partial charge in [0.05, 0.1) is 35.9 Å². The van der Waals surface area contributed by atoms with Crippen LogP contribution in [0.15, 0.2) is 48.7 Å². The number of nitrogens with zero attached hydrogens (tertiary/aromatic N) is 4. The molecule has 1 atom stereocenters. The van der Waals surface area contributed by atoms with Crippen LogP contribution in [0.25, 0.3) is 22.0 Å². The summed E-state index contributed by atoms with van der Waals surface area (Å²) < 4.78 is 33.0. The molecule has 11 heteroatoms. The monoisotopic (exact) mass is 561 g/mol. The molecule has 1 saturated heterocycles. The van der Waals surface area contributed by atoms with E-state index >= 15 is 0 Å². The second kappa shape index (κ2) is 10.4. The summed E-state index contributed by atoms with van der Waals surface area (Å²) in [5.74, 6) is -4.45. The number of ether oxygens (including phenoxy) is 1. The molecule has 212 valence electrons. The zero-order valence-electron chi connectivity index (χ0n) is 22.9. The number of hydrogen-bond donors (Lipinski definition) is 1. The van der Waals surface area contributed by atoms with Crippen LogP contribution in [0.4, 0.5) is 19.3 Å². The third-order valence-corrected chi connectivity index (χ3v) is 7.05. The van der Waals surface area contributed by atoms with E-state index < -0.39 is 55.0 Å². The van der Waals surface area contributed by atoms with E-state index in [4.69, 9.17) is 10.00 Å². The third-order valence-electron chi connectivity index (χ3n) is 7.05. The highest BCUT2D eigenvalue weighted by Gasteiger charge is 2.47. The molecule has 3 heterocycles. The number of fused-ring (bicyclic) bond motifs is 2. The lowest BCUT2D eigenvalue weighted by Gasteiger charge is -2.24. The lowest BCUT2D eigenvalue weighted by atomic mass is 9.98. The molecule has 41 heavy (non-hydrogen) atoms. The predicted molar refractivity (Wildman–Crippen MR) is 147 cm³/mol. The van der Waals surface area contributed by atoms with Crippen molar-refractivity contribution in [2.24, 2.45) is 0 Å². The number of nitriles is 1. The van der Waals surface area contributed by atoms with Crippen LogP contribution in [-0.4, -0.2) is 65.0 Å². The lowest BCUT2D eigenvalue weighted by molar-refractivity contribution is -0.131. The Bertz CT molecular complexity index is 1590. The van der Waals surface area contributed by atoms with Crippen LogP contribution in [0.1, 0.15) is 43.1 Å². The minimum Gasteiger partial charge on any atom is -0.443 e.